The monoisotopic (exact) mass is 721 g/mol. The van der Waals surface area contributed by atoms with Crippen molar-refractivity contribution < 1.29 is 0 Å². The standard InChI is InChI=1S/C53H39NS/c1-34-31-36(35-15-5-4-6-16-35)25-30-49(34)54(37-26-28-41-39-17-7-9-19-43(39)52(2,3)47(41)32-37)38-27-29-42-40-18-8-10-20-44(40)53(48(42)33-38)45-21-11-13-23-50(45)55-51-24-14-12-22-46(51)53/h4-33H,1-3H3. The Hall–Kier alpha value is -6.09. The Bertz CT molecular complexity index is 2800. The Kier molecular flexibility index (Phi) is 7.03. The Morgan fingerprint density at radius 3 is 1.56 bits per heavy atom. The van der Waals surface area contributed by atoms with E-state index in [0.29, 0.717) is 0 Å². The molecule has 0 N–H and O–H groups in total. The maximum Gasteiger partial charge on any atom is 0.0736 e. The van der Waals surface area contributed by atoms with Gasteiger partial charge >= 0.3 is 0 Å². The normalized spacial score (nSPS) is 14.7. The first-order valence-corrected chi connectivity index (χ1v) is 20.1. The van der Waals surface area contributed by atoms with E-state index in [1.807, 2.05) is 11.8 Å². The van der Waals surface area contributed by atoms with Crippen LogP contribution in [-0.2, 0) is 10.8 Å². The van der Waals surface area contributed by atoms with Gasteiger partial charge in [0.15, 0.2) is 0 Å². The molecule has 0 atom stereocenters. The fourth-order valence-electron chi connectivity index (χ4n) is 9.96. The summed E-state index contributed by atoms with van der Waals surface area (Å²) in [5, 5.41) is 0. The summed E-state index contributed by atoms with van der Waals surface area (Å²) in [5.74, 6) is 0. The molecule has 2 aliphatic carbocycles. The highest BCUT2D eigenvalue weighted by Gasteiger charge is 2.50. The molecule has 1 spiro atoms. The predicted octanol–water partition coefficient (Wildman–Crippen LogP) is 14.3. The van der Waals surface area contributed by atoms with Crippen LogP contribution in [0.3, 0.4) is 0 Å². The van der Waals surface area contributed by atoms with Gasteiger partial charge in [0, 0.05) is 32.3 Å². The second-order valence-electron chi connectivity index (χ2n) is 15.7. The molecule has 0 bridgehead atoms. The van der Waals surface area contributed by atoms with Crippen molar-refractivity contribution in [3.05, 3.63) is 221 Å². The van der Waals surface area contributed by atoms with Gasteiger partial charge in [0.1, 0.15) is 0 Å². The third-order valence-electron chi connectivity index (χ3n) is 12.5. The molecule has 8 aromatic rings. The summed E-state index contributed by atoms with van der Waals surface area (Å²) in [6.07, 6.45) is 0. The van der Waals surface area contributed by atoms with Gasteiger partial charge in [-0.25, -0.2) is 0 Å². The average molecular weight is 722 g/mol. The topological polar surface area (TPSA) is 3.24 Å². The van der Waals surface area contributed by atoms with Crippen molar-refractivity contribution >= 4 is 28.8 Å². The third kappa shape index (κ3) is 4.55. The summed E-state index contributed by atoms with van der Waals surface area (Å²) in [5.41, 5.74) is 20.1. The minimum atomic E-state index is -0.445. The lowest BCUT2D eigenvalue weighted by Gasteiger charge is -2.40. The molecule has 3 aliphatic rings. The highest BCUT2D eigenvalue weighted by atomic mass is 32.2. The SMILES string of the molecule is Cc1cc(-c2ccccc2)ccc1N(c1ccc2c(c1)C(C)(C)c1ccccc1-2)c1ccc2c(c1)C1(c3ccccc3Sc3ccccc31)c1ccccc1-2. The van der Waals surface area contributed by atoms with Crippen molar-refractivity contribution in [1.82, 2.24) is 0 Å². The van der Waals surface area contributed by atoms with Crippen LogP contribution in [0.1, 0.15) is 52.8 Å². The fraction of sp³-hybridized carbons (Fsp3) is 0.0943. The zero-order chi connectivity index (χ0) is 36.9. The van der Waals surface area contributed by atoms with E-state index >= 15 is 0 Å². The fourth-order valence-corrected chi connectivity index (χ4v) is 11.1. The van der Waals surface area contributed by atoms with E-state index in [0.717, 1.165) is 5.69 Å². The summed E-state index contributed by atoms with van der Waals surface area (Å²) in [6, 6.07) is 68.2. The lowest BCUT2D eigenvalue weighted by Crippen LogP contribution is -2.32. The Morgan fingerprint density at radius 2 is 0.909 bits per heavy atom. The quantitative estimate of drug-likeness (QED) is 0.178. The molecule has 0 saturated carbocycles. The van der Waals surface area contributed by atoms with Crippen molar-refractivity contribution in [3.8, 4) is 33.4 Å². The third-order valence-corrected chi connectivity index (χ3v) is 13.6. The van der Waals surface area contributed by atoms with E-state index in [9.17, 15) is 0 Å². The smallest absolute Gasteiger partial charge is 0.0736 e. The molecule has 1 aliphatic heterocycles. The van der Waals surface area contributed by atoms with Gasteiger partial charge in [-0.1, -0.05) is 159 Å². The molecule has 262 valence electrons. The highest BCUT2D eigenvalue weighted by molar-refractivity contribution is 7.99. The van der Waals surface area contributed by atoms with E-state index < -0.39 is 5.41 Å². The van der Waals surface area contributed by atoms with Gasteiger partial charge in [-0.15, -0.1) is 0 Å². The van der Waals surface area contributed by atoms with Crippen molar-refractivity contribution in [2.75, 3.05) is 4.90 Å². The van der Waals surface area contributed by atoms with Crippen LogP contribution in [0, 0.1) is 6.92 Å². The molecular formula is C53H39NS. The summed E-state index contributed by atoms with van der Waals surface area (Å²) in [4.78, 5) is 5.15. The van der Waals surface area contributed by atoms with Crippen LogP contribution in [0.4, 0.5) is 17.1 Å². The van der Waals surface area contributed by atoms with E-state index in [1.54, 1.807) is 0 Å². The van der Waals surface area contributed by atoms with E-state index in [-0.39, 0.29) is 5.41 Å². The first-order valence-electron chi connectivity index (χ1n) is 19.3. The molecule has 0 radical (unpaired) electrons. The first kappa shape index (κ1) is 32.3. The van der Waals surface area contributed by atoms with Crippen LogP contribution in [0.25, 0.3) is 33.4 Å². The number of benzene rings is 8. The van der Waals surface area contributed by atoms with Gasteiger partial charge < -0.3 is 4.90 Å². The van der Waals surface area contributed by atoms with Crippen molar-refractivity contribution in [2.24, 2.45) is 0 Å². The lowest BCUT2D eigenvalue weighted by atomic mass is 9.67. The lowest BCUT2D eigenvalue weighted by molar-refractivity contribution is 0.660. The average Bonchev–Trinajstić information content (AvgIpc) is 3.64. The molecule has 0 unspecified atom stereocenters. The predicted molar refractivity (Wildman–Crippen MR) is 230 cm³/mol. The summed E-state index contributed by atoms with van der Waals surface area (Å²) >= 11 is 1.89. The molecule has 0 aromatic heterocycles. The Labute approximate surface area is 328 Å². The van der Waals surface area contributed by atoms with E-state index in [4.69, 9.17) is 0 Å². The van der Waals surface area contributed by atoms with Gasteiger partial charge in [0.25, 0.3) is 0 Å². The minimum absolute atomic E-state index is 0.114. The molecule has 2 heteroatoms. The Morgan fingerprint density at radius 1 is 0.400 bits per heavy atom. The molecule has 8 aromatic carbocycles. The van der Waals surface area contributed by atoms with Crippen molar-refractivity contribution in [1.29, 1.82) is 0 Å². The van der Waals surface area contributed by atoms with Gasteiger partial charge in [-0.2, -0.15) is 0 Å². The van der Waals surface area contributed by atoms with Gasteiger partial charge in [-0.05, 0) is 128 Å². The van der Waals surface area contributed by atoms with Gasteiger partial charge in [0.2, 0.25) is 0 Å². The second kappa shape index (κ2) is 12.0. The summed E-state index contributed by atoms with van der Waals surface area (Å²) in [7, 11) is 0. The molecule has 0 fully saturated rings. The van der Waals surface area contributed by atoms with E-state index in [1.165, 1.54) is 93.5 Å². The largest absolute Gasteiger partial charge is 0.310 e. The number of nitrogens with zero attached hydrogens (tertiary/aromatic N) is 1. The molecule has 55 heavy (non-hydrogen) atoms. The molecule has 1 heterocycles. The maximum atomic E-state index is 2.51. The van der Waals surface area contributed by atoms with Crippen LogP contribution in [0.5, 0.6) is 0 Å². The van der Waals surface area contributed by atoms with Crippen LogP contribution in [0.2, 0.25) is 0 Å². The summed E-state index contributed by atoms with van der Waals surface area (Å²) < 4.78 is 0. The highest BCUT2D eigenvalue weighted by Crippen LogP contribution is 2.63. The number of hydrogen-bond donors (Lipinski definition) is 0. The number of rotatable bonds is 4. The molecule has 1 nitrogen and oxygen atoms in total. The molecule has 0 saturated heterocycles. The van der Waals surface area contributed by atoms with Gasteiger partial charge in [0.05, 0.1) is 5.41 Å². The van der Waals surface area contributed by atoms with Crippen molar-refractivity contribution in [2.45, 2.75) is 41.4 Å². The zero-order valence-corrected chi connectivity index (χ0v) is 32.0. The number of hydrogen-bond acceptors (Lipinski definition) is 2. The van der Waals surface area contributed by atoms with Crippen LogP contribution in [-0.4, -0.2) is 0 Å². The first-order chi connectivity index (χ1) is 26.9. The molecular weight excluding hydrogens is 683 g/mol. The Balaban J connectivity index is 1.17. The van der Waals surface area contributed by atoms with Crippen molar-refractivity contribution in [3.63, 3.8) is 0 Å². The second-order valence-corrected chi connectivity index (χ2v) is 16.8. The number of anilines is 3. The van der Waals surface area contributed by atoms with Gasteiger partial charge in [-0.3, -0.25) is 0 Å². The van der Waals surface area contributed by atoms with Crippen LogP contribution < -0.4 is 4.90 Å². The molecule has 11 rings (SSSR count). The number of fused-ring (bicyclic) bond motifs is 12. The van der Waals surface area contributed by atoms with Crippen LogP contribution in [0.15, 0.2) is 192 Å². The molecule has 0 amide bonds. The van der Waals surface area contributed by atoms with E-state index in [2.05, 4.69) is 208 Å². The van der Waals surface area contributed by atoms with Crippen LogP contribution >= 0.6 is 11.8 Å². The summed E-state index contributed by atoms with van der Waals surface area (Å²) in [6.45, 7) is 7.01. The minimum Gasteiger partial charge on any atom is -0.310 e. The maximum absolute atomic E-state index is 2.51. The zero-order valence-electron chi connectivity index (χ0n) is 31.2. The number of aryl methyl sites for hydroxylation is 1.